The number of sulfone groups is 1. The molecule has 27 heavy (non-hydrogen) atoms. The van der Waals surface area contributed by atoms with E-state index < -0.39 is 39.5 Å². The molecule has 2 aliphatic heterocycles. The summed E-state index contributed by atoms with van der Waals surface area (Å²) < 4.78 is 23.2. The largest absolute Gasteiger partial charge is 0.340 e. The third-order valence-electron chi connectivity index (χ3n) is 4.48. The van der Waals surface area contributed by atoms with Gasteiger partial charge in [-0.15, -0.1) is 0 Å². The van der Waals surface area contributed by atoms with Gasteiger partial charge in [-0.2, -0.15) is 0 Å². The van der Waals surface area contributed by atoms with Crippen molar-refractivity contribution in [1.82, 2.24) is 9.80 Å². The van der Waals surface area contributed by atoms with Crippen LogP contribution in [-0.4, -0.2) is 66.4 Å². The minimum atomic E-state index is -3.13. The first-order valence-electron chi connectivity index (χ1n) is 8.13. The molecule has 1 atom stereocenters. The van der Waals surface area contributed by atoms with Crippen molar-refractivity contribution in [3.05, 3.63) is 39.8 Å². The zero-order valence-electron chi connectivity index (χ0n) is 14.4. The van der Waals surface area contributed by atoms with Gasteiger partial charge in [0.15, 0.2) is 9.84 Å². The summed E-state index contributed by atoms with van der Waals surface area (Å²) in [4.78, 5) is 39.5. The van der Waals surface area contributed by atoms with E-state index >= 15 is 0 Å². The average molecular weight is 429 g/mol. The summed E-state index contributed by atoms with van der Waals surface area (Å²) in [5.74, 6) is -1.05. The van der Waals surface area contributed by atoms with Gasteiger partial charge in [0.1, 0.15) is 6.54 Å². The number of amides is 3. The molecule has 0 saturated carbocycles. The molecule has 2 fully saturated rings. The maximum absolute atomic E-state index is 12.5. The van der Waals surface area contributed by atoms with Crippen molar-refractivity contribution in [2.75, 3.05) is 25.1 Å². The van der Waals surface area contributed by atoms with Crippen LogP contribution in [0.15, 0.2) is 29.2 Å². The van der Waals surface area contributed by atoms with E-state index in [4.69, 9.17) is 11.6 Å². The first-order valence-corrected chi connectivity index (χ1v) is 11.1. The maximum Gasteiger partial charge on any atom is 0.294 e. The Hall–Kier alpha value is -1.84. The molecule has 2 saturated heterocycles. The lowest BCUT2D eigenvalue weighted by molar-refractivity contribution is -0.136. The molecule has 2 heterocycles. The summed E-state index contributed by atoms with van der Waals surface area (Å²) >= 11 is 6.59. The molecule has 0 N–H and O–H groups in total. The number of hydrogen-bond acceptors (Lipinski definition) is 6. The summed E-state index contributed by atoms with van der Waals surface area (Å²) in [6.07, 6.45) is 1.93. The van der Waals surface area contributed by atoms with Crippen LogP contribution in [0.4, 0.5) is 4.79 Å². The summed E-state index contributed by atoms with van der Waals surface area (Å²) in [5.41, 5.74) is 0.713. The van der Waals surface area contributed by atoms with E-state index in [9.17, 15) is 22.8 Å². The van der Waals surface area contributed by atoms with Crippen molar-refractivity contribution < 1.29 is 22.8 Å². The molecule has 0 aliphatic carbocycles. The normalized spacial score (nSPS) is 23.3. The molecule has 10 heteroatoms. The van der Waals surface area contributed by atoms with Crippen molar-refractivity contribution >= 4 is 56.3 Å². The fourth-order valence-electron chi connectivity index (χ4n) is 2.88. The van der Waals surface area contributed by atoms with Gasteiger partial charge in [0.05, 0.1) is 16.4 Å². The van der Waals surface area contributed by atoms with Gasteiger partial charge in [0.25, 0.3) is 11.1 Å². The van der Waals surface area contributed by atoms with E-state index in [0.717, 1.165) is 16.7 Å². The number of imide groups is 1. The summed E-state index contributed by atoms with van der Waals surface area (Å²) in [7, 11) is -1.64. The van der Waals surface area contributed by atoms with E-state index in [2.05, 4.69) is 0 Å². The Labute approximate surface area is 166 Å². The standard InChI is InChI=1S/C17H17ClN2O5S2/c1-19(13-6-7-27(24,25)10-13)15(21)9-20-16(22)14(26-17(20)23)8-11-2-4-12(18)5-3-11/h2-5,8,13H,6-7,9-10H2,1H3/b14-8-/t13-/m1/s1. The molecule has 1 aromatic carbocycles. The van der Waals surface area contributed by atoms with Crippen molar-refractivity contribution in [3.63, 3.8) is 0 Å². The second kappa shape index (κ2) is 7.65. The Morgan fingerprint density at radius 2 is 2.00 bits per heavy atom. The van der Waals surface area contributed by atoms with Crippen LogP contribution >= 0.6 is 23.4 Å². The molecule has 0 aromatic heterocycles. The number of nitrogens with zero attached hydrogens (tertiary/aromatic N) is 2. The van der Waals surface area contributed by atoms with Crippen LogP contribution in [0, 0.1) is 0 Å². The Kier molecular flexibility index (Phi) is 5.64. The molecule has 3 rings (SSSR count). The van der Waals surface area contributed by atoms with Crippen LogP contribution in [-0.2, 0) is 19.4 Å². The Morgan fingerprint density at radius 1 is 1.33 bits per heavy atom. The maximum atomic E-state index is 12.5. The lowest BCUT2D eigenvalue weighted by Crippen LogP contribution is -2.45. The number of likely N-dealkylation sites (N-methyl/N-ethyl adjacent to an activating group) is 1. The van der Waals surface area contributed by atoms with E-state index in [0.29, 0.717) is 17.0 Å². The van der Waals surface area contributed by atoms with Crippen LogP contribution < -0.4 is 0 Å². The van der Waals surface area contributed by atoms with E-state index in [1.54, 1.807) is 30.3 Å². The fraction of sp³-hybridized carbons (Fsp3) is 0.353. The molecule has 1 aromatic rings. The molecule has 0 spiro atoms. The number of rotatable bonds is 4. The highest BCUT2D eigenvalue weighted by Crippen LogP contribution is 2.32. The van der Waals surface area contributed by atoms with Gasteiger partial charge in [-0.3, -0.25) is 19.3 Å². The van der Waals surface area contributed by atoms with Crippen molar-refractivity contribution in [2.24, 2.45) is 0 Å². The highest BCUT2D eigenvalue weighted by molar-refractivity contribution is 8.18. The topological polar surface area (TPSA) is 91.8 Å². The third-order valence-corrected chi connectivity index (χ3v) is 7.39. The first kappa shape index (κ1) is 19.9. The number of thioether (sulfide) groups is 1. The van der Waals surface area contributed by atoms with Gasteiger partial charge < -0.3 is 4.90 Å². The lowest BCUT2D eigenvalue weighted by atomic mass is 10.2. The molecule has 3 amide bonds. The predicted octanol–water partition coefficient (Wildman–Crippen LogP) is 2.02. The number of hydrogen-bond donors (Lipinski definition) is 0. The lowest BCUT2D eigenvalue weighted by Gasteiger charge is -2.25. The smallest absolute Gasteiger partial charge is 0.294 e. The van der Waals surface area contributed by atoms with Gasteiger partial charge in [-0.25, -0.2) is 8.42 Å². The minimum Gasteiger partial charge on any atom is -0.340 e. The summed E-state index contributed by atoms with van der Waals surface area (Å²) in [6, 6.07) is 6.36. The van der Waals surface area contributed by atoms with Gasteiger partial charge in [0.2, 0.25) is 5.91 Å². The van der Waals surface area contributed by atoms with Gasteiger partial charge in [0, 0.05) is 18.1 Å². The Morgan fingerprint density at radius 3 is 2.59 bits per heavy atom. The quantitative estimate of drug-likeness (QED) is 0.681. The van der Waals surface area contributed by atoms with Crippen LogP contribution in [0.1, 0.15) is 12.0 Å². The SMILES string of the molecule is CN(C(=O)CN1C(=O)S/C(=C\c2ccc(Cl)cc2)C1=O)[C@@H]1CCS(=O)(=O)C1. The molecular weight excluding hydrogens is 412 g/mol. The van der Waals surface area contributed by atoms with Crippen LogP contribution in [0.3, 0.4) is 0 Å². The average Bonchev–Trinajstić information content (AvgIpc) is 3.10. The number of carbonyl (C=O) groups is 3. The van der Waals surface area contributed by atoms with Gasteiger partial charge in [-0.05, 0) is 42.0 Å². The highest BCUT2D eigenvalue weighted by atomic mass is 35.5. The Bertz CT molecular complexity index is 927. The number of carbonyl (C=O) groups excluding carboxylic acids is 3. The Balaban J connectivity index is 1.68. The molecule has 2 aliphatic rings. The predicted molar refractivity (Wildman–Crippen MR) is 104 cm³/mol. The van der Waals surface area contributed by atoms with Crippen molar-refractivity contribution in [1.29, 1.82) is 0 Å². The zero-order valence-corrected chi connectivity index (χ0v) is 16.8. The van der Waals surface area contributed by atoms with Gasteiger partial charge >= 0.3 is 0 Å². The molecule has 0 radical (unpaired) electrons. The molecule has 144 valence electrons. The van der Waals surface area contributed by atoms with E-state index in [1.807, 2.05) is 0 Å². The van der Waals surface area contributed by atoms with Gasteiger partial charge in [-0.1, -0.05) is 23.7 Å². The first-order chi connectivity index (χ1) is 12.7. The van der Waals surface area contributed by atoms with Crippen LogP contribution in [0.2, 0.25) is 5.02 Å². The monoisotopic (exact) mass is 428 g/mol. The third kappa shape index (κ3) is 4.53. The van der Waals surface area contributed by atoms with E-state index in [-0.39, 0.29) is 16.4 Å². The molecule has 0 unspecified atom stereocenters. The van der Waals surface area contributed by atoms with Crippen molar-refractivity contribution in [2.45, 2.75) is 12.5 Å². The van der Waals surface area contributed by atoms with Crippen LogP contribution in [0.25, 0.3) is 6.08 Å². The summed E-state index contributed by atoms with van der Waals surface area (Å²) in [5, 5.41) is 0.0313. The van der Waals surface area contributed by atoms with E-state index in [1.165, 1.54) is 11.9 Å². The number of benzene rings is 1. The summed E-state index contributed by atoms with van der Waals surface area (Å²) in [6.45, 7) is -0.407. The second-order valence-corrected chi connectivity index (χ2v) is 10.0. The second-order valence-electron chi connectivity index (χ2n) is 6.38. The molecular formula is C17H17ClN2O5S2. The highest BCUT2D eigenvalue weighted by Gasteiger charge is 2.39. The number of halogens is 1. The zero-order chi connectivity index (χ0) is 19.8. The minimum absolute atomic E-state index is 0.0424. The molecule has 7 nitrogen and oxygen atoms in total. The molecule has 0 bridgehead atoms. The van der Waals surface area contributed by atoms with Crippen LogP contribution in [0.5, 0.6) is 0 Å². The fourth-order valence-corrected chi connectivity index (χ4v) is 5.62. The van der Waals surface area contributed by atoms with Crippen molar-refractivity contribution in [3.8, 4) is 0 Å².